The van der Waals surface area contributed by atoms with Gasteiger partial charge in [-0.05, 0) is 31.5 Å². The minimum absolute atomic E-state index is 0.268. The quantitative estimate of drug-likeness (QED) is 0.540. The smallest absolute Gasteiger partial charge is 0.259 e. The first-order valence-electron chi connectivity index (χ1n) is 9.95. The van der Waals surface area contributed by atoms with Gasteiger partial charge in [0, 0.05) is 31.6 Å². The van der Waals surface area contributed by atoms with Crippen molar-refractivity contribution in [2.24, 2.45) is 0 Å². The number of anilines is 2. The second-order valence-electron chi connectivity index (χ2n) is 7.49. The summed E-state index contributed by atoms with van der Waals surface area (Å²) in [5, 5.41) is 20.1. The van der Waals surface area contributed by atoms with Crippen molar-refractivity contribution in [3.05, 3.63) is 53.5 Å². The van der Waals surface area contributed by atoms with Crippen molar-refractivity contribution in [3.8, 4) is 0 Å². The highest BCUT2D eigenvalue weighted by Gasteiger charge is 2.19. The summed E-state index contributed by atoms with van der Waals surface area (Å²) in [6, 6.07) is 7.45. The molecule has 0 spiro atoms. The molecule has 4 aromatic rings. The second-order valence-corrected chi connectivity index (χ2v) is 7.49. The number of amides is 1. The average Bonchev–Trinajstić information content (AvgIpc) is 3.14. The lowest BCUT2D eigenvalue weighted by Crippen LogP contribution is -2.43. The van der Waals surface area contributed by atoms with Gasteiger partial charge in [-0.2, -0.15) is 5.10 Å². The molecule has 1 aliphatic rings. The number of benzene rings is 1. The third-order valence-electron chi connectivity index (χ3n) is 5.32. The second kappa shape index (κ2) is 7.34. The van der Waals surface area contributed by atoms with E-state index in [0.717, 1.165) is 54.2 Å². The Morgan fingerprint density at radius 2 is 2.03 bits per heavy atom. The van der Waals surface area contributed by atoms with Crippen molar-refractivity contribution >= 4 is 34.0 Å². The van der Waals surface area contributed by atoms with Gasteiger partial charge in [-0.25, -0.2) is 9.50 Å². The maximum atomic E-state index is 13.1. The van der Waals surface area contributed by atoms with Crippen LogP contribution in [0.3, 0.4) is 0 Å². The molecular formula is C21H22N8O. The normalized spacial score (nSPS) is 14.4. The predicted molar refractivity (Wildman–Crippen MR) is 115 cm³/mol. The van der Waals surface area contributed by atoms with E-state index in [2.05, 4.69) is 35.8 Å². The summed E-state index contributed by atoms with van der Waals surface area (Å²) in [4.78, 5) is 19.8. The fourth-order valence-corrected chi connectivity index (χ4v) is 3.90. The van der Waals surface area contributed by atoms with Gasteiger partial charge < -0.3 is 15.5 Å². The molecule has 1 saturated heterocycles. The molecule has 30 heavy (non-hydrogen) atoms. The molecule has 2 N–H and O–H groups in total. The predicted octanol–water partition coefficient (Wildman–Crippen LogP) is 1.95. The summed E-state index contributed by atoms with van der Waals surface area (Å²) in [5.74, 6) is 0.195. The van der Waals surface area contributed by atoms with Crippen LogP contribution in [0.5, 0.6) is 0 Å². The maximum Gasteiger partial charge on any atom is 0.259 e. The Balaban J connectivity index is 1.51. The topological polar surface area (TPSA) is 100 Å². The van der Waals surface area contributed by atoms with Gasteiger partial charge in [-0.3, -0.25) is 4.79 Å². The largest absolute Gasteiger partial charge is 0.367 e. The van der Waals surface area contributed by atoms with Gasteiger partial charge in [0.05, 0.1) is 29.3 Å². The number of aromatic nitrogens is 5. The summed E-state index contributed by atoms with van der Waals surface area (Å²) in [7, 11) is 0. The Hall–Kier alpha value is -3.59. The Bertz CT molecular complexity index is 1260. The van der Waals surface area contributed by atoms with Gasteiger partial charge in [-0.1, -0.05) is 12.1 Å². The Labute approximate surface area is 173 Å². The molecule has 9 heteroatoms. The summed E-state index contributed by atoms with van der Waals surface area (Å²) >= 11 is 0. The lowest BCUT2D eigenvalue weighted by Gasteiger charge is -2.29. The first-order chi connectivity index (χ1) is 14.6. The Kier molecular flexibility index (Phi) is 4.51. The Morgan fingerprint density at radius 3 is 2.87 bits per heavy atom. The lowest BCUT2D eigenvalue weighted by molar-refractivity contribution is 0.102. The zero-order valence-corrected chi connectivity index (χ0v) is 16.9. The number of rotatable bonds is 3. The van der Waals surface area contributed by atoms with Gasteiger partial charge in [0.25, 0.3) is 5.91 Å². The maximum absolute atomic E-state index is 13.1. The monoisotopic (exact) mass is 402 g/mol. The molecule has 1 aromatic carbocycles. The number of imidazole rings is 1. The Morgan fingerprint density at radius 1 is 1.20 bits per heavy atom. The highest BCUT2D eigenvalue weighted by Crippen LogP contribution is 2.27. The van der Waals surface area contributed by atoms with Crippen LogP contribution in [0.15, 0.2) is 36.7 Å². The van der Waals surface area contributed by atoms with E-state index >= 15 is 0 Å². The molecule has 9 nitrogen and oxygen atoms in total. The van der Waals surface area contributed by atoms with Crippen LogP contribution < -0.4 is 15.5 Å². The van der Waals surface area contributed by atoms with E-state index in [1.807, 2.05) is 38.2 Å². The number of hydrogen-bond donors (Lipinski definition) is 2. The SMILES string of the molecule is Cc1cn2nc(NC(=O)c3cccc4c(N5CCNCC5)cnnc34)cc(C)c2n1. The molecule has 4 heterocycles. The highest BCUT2D eigenvalue weighted by atomic mass is 16.1. The standard InChI is InChI=1S/C21H22N8O/c1-13-10-18(27-29-12-14(2)24-20(13)29)25-21(30)16-5-3-4-15-17(11-23-26-19(15)16)28-8-6-22-7-9-28/h3-5,10-12,22H,6-9H2,1-2H3,(H,25,27,30). The number of carbonyl (C=O) groups is 1. The third kappa shape index (κ3) is 3.22. The molecule has 0 aliphatic carbocycles. The fourth-order valence-electron chi connectivity index (χ4n) is 3.90. The van der Waals surface area contributed by atoms with Crippen LogP contribution in [-0.4, -0.2) is 56.9 Å². The first-order valence-corrected chi connectivity index (χ1v) is 9.95. The van der Waals surface area contributed by atoms with E-state index in [0.29, 0.717) is 16.9 Å². The van der Waals surface area contributed by atoms with E-state index in [-0.39, 0.29) is 5.91 Å². The number of nitrogens with one attached hydrogen (secondary N) is 2. The number of nitrogens with zero attached hydrogens (tertiary/aromatic N) is 6. The number of hydrogen-bond acceptors (Lipinski definition) is 7. The summed E-state index contributed by atoms with van der Waals surface area (Å²) in [6.45, 7) is 7.49. The van der Waals surface area contributed by atoms with Crippen molar-refractivity contribution < 1.29 is 4.79 Å². The fraction of sp³-hybridized carbons (Fsp3) is 0.286. The molecule has 0 radical (unpaired) electrons. The molecule has 3 aromatic heterocycles. The third-order valence-corrected chi connectivity index (χ3v) is 5.32. The van der Waals surface area contributed by atoms with E-state index in [4.69, 9.17) is 0 Å². The molecule has 5 rings (SSSR count). The van der Waals surface area contributed by atoms with Crippen LogP contribution in [0.2, 0.25) is 0 Å². The van der Waals surface area contributed by atoms with E-state index in [1.54, 1.807) is 16.8 Å². The molecule has 0 bridgehead atoms. The molecule has 0 atom stereocenters. The van der Waals surface area contributed by atoms with Crippen molar-refractivity contribution in [1.82, 2.24) is 30.1 Å². The van der Waals surface area contributed by atoms with E-state index < -0.39 is 0 Å². The summed E-state index contributed by atoms with van der Waals surface area (Å²) in [6.07, 6.45) is 3.61. The highest BCUT2D eigenvalue weighted by molar-refractivity contribution is 6.13. The zero-order valence-electron chi connectivity index (χ0n) is 16.9. The lowest BCUT2D eigenvalue weighted by atomic mass is 10.1. The van der Waals surface area contributed by atoms with Crippen molar-refractivity contribution in [1.29, 1.82) is 0 Å². The van der Waals surface area contributed by atoms with E-state index in [1.165, 1.54) is 0 Å². The molecule has 0 saturated carbocycles. The van der Waals surface area contributed by atoms with Crippen LogP contribution in [0.1, 0.15) is 21.6 Å². The van der Waals surface area contributed by atoms with Crippen molar-refractivity contribution in [2.75, 3.05) is 36.4 Å². The van der Waals surface area contributed by atoms with Crippen LogP contribution in [0, 0.1) is 13.8 Å². The van der Waals surface area contributed by atoms with Gasteiger partial charge in [0.15, 0.2) is 11.5 Å². The summed E-state index contributed by atoms with van der Waals surface area (Å²) < 4.78 is 1.69. The average molecular weight is 402 g/mol. The van der Waals surface area contributed by atoms with Gasteiger partial charge in [0.1, 0.15) is 5.52 Å². The molecule has 1 fully saturated rings. The van der Waals surface area contributed by atoms with Crippen LogP contribution in [-0.2, 0) is 0 Å². The van der Waals surface area contributed by atoms with Gasteiger partial charge in [-0.15, -0.1) is 10.2 Å². The van der Waals surface area contributed by atoms with E-state index in [9.17, 15) is 4.79 Å². The van der Waals surface area contributed by atoms with Gasteiger partial charge >= 0.3 is 0 Å². The minimum atomic E-state index is -0.268. The number of carbonyl (C=O) groups excluding carboxylic acids is 1. The number of fused-ring (bicyclic) bond motifs is 2. The van der Waals surface area contributed by atoms with Crippen molar-refractivity contribution in [3.63, 3.8) is 0 Å². The molecule has 1 amide bonds. The minimum Gasteiger partial charge on any atom is -0.367 e. The zero-order chi connectivity index (χ0) is 20.7. The molecular weight excluding hydrogens is 380 g/mol. The van der Waals surface area contributed by atoms with Crippen LogP contribution in [0.25, 0.3) is 16.6 Å². The molecule has 0 unspecified atom stereocenters. The number of aryl methyl sites for hydroxylation is 2. The van der Waals surface area contributed by atoms with Crippen LogP contribution in [0.4, 0.5) is 11.5 Å². The molecule has 152 valence electrons. The van der Waals surface area contributed by atoms with Crippen molar-refractivity contribution in [2.45, 2.75) is 13.8 Å². The number of piperazine rings is 1. The molecule has 1 aliphatic heterocycles. The first kappa shape index (κ1) is 18.4. The van der Waals surface area contributed by atoms with Crippen LogP contribution >= 0.6 is 0 Å². The summed E-state index contributed by atoms with van der Waals surface area (Å²) in [5.41, 5.74) is 4.65. The van der Waals surface area contributed by atoms with Gasteiger partial charge in [0.2, 0.25) is 0 Å².